The number of carbonyl (C=O) groups excluding carboxylic acids is 1. The minimum atomic E-state index is -3.03. The molecule has 0 aliphatic heterocycles. The number of carbonyl (C=O) groups is 1. The summed E-state index contributed by atoms with van der Waals surface area (Å²) in [5.74, 6) is -0.157. The number of non-ortho nitro benzene ring substituents is 1. The topological polar surface area (TPSA) is 104 Å². The van der Waals surface area contributed by atoms with Crippen molar-refractivity contribution in [3.63, 3.8) is 0 Å². The van der Waals surface area contributed by atoms with Crippen LogP contribution in [-0.2, 0) is 6.61 Å². The van der Waals surface area contributed by atoms with Crippen molar-refractivity contribution in [1.82, 2.24) is 0 Å². The summed E-state index contributed by atoms with van der Waals surface area (Å²) in [6, 6.07) is 12.9. The number of nitro benzene ring substituents is 1. The predicted molar refractivity (Wildman–Crippen MR) is 102 cm³/mol. The maximum atomic E-state index is 12.6. The fourth-order valence-corrected chi connectivity index (χ4v) is 2.51. The van der Waals surface area contributed by atoms with Gasteiger partial charge >= 0.3 is 6.61 Å². The molecule has 0 unspecified atom stereocenters. The number of nitro groups is 1. The number of alkyl halides is 2. The van der Waals surface area contributed by atoms with Gasteiger partial charge in [0.15, 0.2) is 5.76 Å². The van der Waals surface area contributed by atoms with Crippen LogP contribution < -0.4 is 14.8 Å². The Morgan fingerprint density at radius 3 is 2.57 bits per heavy atom. The second-order valence-corrected chi connectivity index (χ2v) is 6.14. The molecule has 0 fully saturated rings. The van der Waals surface area contributed by atoms with Gasteiger partial charge in [-0.25, -0.2) is 0 Å². The number of ether oxygens (including phenoxy) is 2. The first-order chi connectivity index (χ1) is 14.3. The highest BCUT2D eigenvalue weighted by Crippen LogP contribution is 2.28. The van der Waals surface area contributed by atoms with E-state index in [2.05, 4.69) is 10.1 Å². The van der Waals surface area contributed by atoms with Crippen LogP contribution in [0.5, 0.6) is 11.5 Å². The van der Waals surface area contributed by atoms with Crippen molar-refractivity contribution in [2.45, 2.75) is 20.1 Å². The predicted octanol–water partition coefficient (Wildman–Crippen LogP) is 4.93. The summed E-state index contributed by atoms with van der Waals surface area (Å²) in [5.41, 5.74) is 0.698. The number of halogens is 2. The van der Waals surface area contributed by atoms with E-state index in [1.54, 1.807) is 13.0 Å². The molecule has 0 saturated heterocycles. The Hall–Kier alpha value is -3.95. The smallest absolute Gasteiger partial charge is 0.387 e. The van der Waals surface area contributed by atoms with E-state index in [0.717, 1.165) is 0 Å². The van der Waals surface area contributed by atoms with Crippen molar-refractivity contribution >= 4 is 17.3 Å². The molecule has 156 valence electrons. The molecular formula is C20H16F2N2O6. The average molecular weight is 418 g/mol. The van der Waals surface area contributed by atoms with E-state index in [1.807, 2.05) is 0 Å². The second kappa shape index (κ2) is 9.03. The standard InChI is InChI=1S/C20H16F2N2O6/c1-12-2-8-16(18(10-12)30-20(21)22)23-19(25)17-9-7-15(29-17)11-28-14-5-3-13(4-6-14)24(26)27/h2-10,20H,11H2,1H3,(H,23,25). The van der Waals surface area contributed by atoms with Crippen LogP contribution in [0.4, 0.5) is 20.2 Å². The molecule has 8 nitrogen and oxygen atoms in total. The van der Waals surface area contributed by atoms with E-state index in [1.165, 1.54) is 48.5 Å². The first-order valence-electron chi connectivity index (χ1n) is 8.64. The molecule has 2 aromatic carbocycles. The van der Waals surface area contributed by atoms with Gasteiger partial charge in [-0.05, 0) is 48.9 Å². The molecule has 3 rings (SSSR count). The number of aryl methyl sites for hydroxylation is 1. The molecule has 1 amide bonds. The van der Waals surface area contributed by atoms with Gasteiger partial charge in [0.1, 0.15) is 23.9 Å². The molecule has 1 aromatic heterocycles. The number of benzene rings is 2. The van der Waals surface area contributed by atoms with Crippen LogP contribution in [0.2, 0.25) is 0 Å². The molecule has 0 spiro atoms. The Kier molecular flexibility index (Phi) is 6.26. The minimum Gasteiger partial charge on any atom is -0.486 e. The summed E-state index contributed by atoms with van der Waals surface area (Å²) in [6.45, 7) is -1.35. The van der Waals surface area contributed by atoms with Gasteiger partial charge in [-0.3, -0.25) is 14.9 Å². The highest BCUT2D eigenvalue weighted by molar-refractivity contribution is 6.03. The van der Waals surface area contributed by atoms with Gasteiger partial charge in [0.2, 0.25) is 0 Å². The quantitative estimate of drug-likeness (QED) is 0.411. The Bertz CT molecular complexity index is 1050. The molecule has 0 saturated carbocycles. The number of furan rings is 1. The molecule has 0 radical (unpaired) electrons. The van der Waals surface area contributed by atoms with Gasteiger partial charge < -0.3 is 19.2 Å². The summed E-state index contributed by atoms with van der Waals surface area (Å²) in [4.78, 5) is 22.5. The second-order valence-electron chi connectivity index (χ2n) is 6.14. The van der Waals surface area contributed by atoms with Crippen molar-refractivity contribution in [2.75, 3.05) is 5.32 Å². The Balaban J connectivity index is 1.63. The number of hydrogen-bond donors (Lipinski definition) is 1. The lowest BCUT2D eigenvalue weighted by molar-refractivity contribution is -0.384. The molecule has 1 N–H and O–H groups in total. The monoisotopic (exact) mass is 418 g/mol. The third-order valence-corrected chi connectivity index (χ3v) is 3.92. The normalized spacial score (nSPS) is 10.7. The molecule has 1 heterocycles. The number of anilines is 1. The highest BCUT2D eigenvalue weighted by Gasteiger charge is 2.16. The lowest BCUT2D eigenvalue weighted by atomic mass is 10.2. The summed E-state index contributed by atoms with van der Waals surface area (Å²) in [5, 5.41) is 13.1. The van der Waals surface area contributed by atoms with Crippen LogP contribution in [0, 0.1) is 17.0 Å². The maximum Gasteiger partial charge on any atom is 0.387 e. The Morgan fingerprint density at radius 2 is 1.90 bits per heavy atom. The first-order valence-corrected chi connectivity index (χ1v) is 8.64. The van der Waals surface area contributed by atoms with E-state index in [9.17, 15) is 23.7 Å². The fraction of sp³-hybridized carbons (Fsp3) is 0.150. The number of amides is 1. The van der Waals surface area contributed by atoms with Crippen LogP contribution in [-0.4, -0.2) is 17.4 Å². The van der Waals surface area contributed by atoms with Crippen LogP contribution in [0.15, 0.2) is 59.0 Å². The van der Waals surface area contributed by atoms with E-state index < -0.39 is 17.4 Å². The van der Waals surface area contributed by atoms with Crippen LogP contribution in [0.25, 0.3) is 0 Å². The highest BCUT2D eigenvalue weighted by atomic mass is 19.3. The number of nitrogens with zero attached hydrogens (tertiary/aromatic N) is 1. The molecular weight excluding hydrogens is 402 g/mol. The number of nitrogens with one attached hydrogen (secondary N) is 1. The van der Waals surface area contributed by atoms with Gasteiger partial charge in [0, 0.05) is 12.1 Å². The van der Waals surface area contributed by atoms with Gasteiger partial charge in [-0.2, -0.15) is 8.78 Å². The summed E-state index contributed by atoms with van der Waals surface area (Å²) >= 11 is 0. The van der Waals surface area contributed by atoms with E-state index >= 15 is 0 Å². The zero-order chi connectivity index (χ0) is 21.7. The summed E-state index contributed by atoms with van der Waals surface area (Å²) in [7, 11) is 0. The SMILES string of the molecule is Cc1ccc(NC(=O)c2ccc(COc3ccc([N+](=O)[O-])cc3)o2)c(OC(F)F)c1. The molecule has 3 aromatic rings. The van der Waals surface area contributed by atoms with Crippen molar-refractivity contribution < 1.29 is 32.4 Å². The fourth-order valence-electron chi connectivity index (χ4n) is 2.51. The third kappa shape index (κ3) is 5.31. The molecule has 30 heavy (non-hydrogen) atoms. The maximum absolute atomic E-state index is 12.6. The molecule has 0 aliphatic rings. The first kappa shape index (κ1) is 20.8. The Labute approximate surface area is 169 Å². The van der Waals surface area contributed by atoms with Crippen LogP contribution in [0.1, 0.15) is 21.9 Å². The third-order valence-electron chi connectivity index (χ3n) is 3.92. The average Bonchev–Trinajstić information content (AvgIpc) is 3.17. The van der Waals surface area contributed by atoms with Crippen molar-refractivity contribution in [3.8, 4) is 11.5 Å². The van der Waals surface area contributed by atoms with E-state index in [-0.39, 0.29) is 29.5 Å². The van der Waals surface area contributed by atoms with Crippen LogP contribution >= 0.6 is 0 Å². The van der Waals surface area contributed by atoms with Gasteiger partial charge in [0.25, 0.3) is 11.6 Å². The summed E-state index contributed by atoms with van der Waals surface area (Å²) < 4.78 is 40.5. The van der Waals surface area contributed by atoms with Crippen molar-refractivity contribution in [2.24, 2.45) is 0 Å². The van der Waals surface area contributed by atoms with Crippen molar-refractivity contribution in [3.05, 3.63) is 81.8 Å². The molecule has 0 aliphatic carbocycles. The van der Waals surface area contributed by atoms with Gasteiger partial charge in [-0.1, -0.05) is 6.07 Å². The Morgan fingerprint density at radius 1 is 1.17 bits per heavy atom. The van der Waals surface area contributed by atoms with Crippen molar-refractivity contribution in [1.29, 1.82) is 0 Å². The lowest BCUT2D eigenvalue weighted by Crippen LogP contribution is -2.13. The van der Waals surface area contributed by atoms with E-state index in [4.69, 9.17) is 9.15 Å². The molecule has 10 heteroatoms. The number of hydrogen-bond acceptors (Lipinski definition) is 6. The van der Waals surface area contributed by atoms with Gasteiger partial charge in [-0.15, -0.1) is 0 Å². The zero-order valence-electron chi connectivity index (χ0n) is 15.6. The van der Waals surface area contributed by atoms with Crippen LogP contribution in [0.3, 0.4) is 0 Å². The van der Waals surface area contributed by atoms with Gasteiger partial charge in [0.05, 0.1) is 10.6 Å². The molecule has 0 atom stereocenters. The minimum absolute atomic E-state index is 0.0185. The molecule has 0 bridgehead atoms. The zero-order valence-corrected chi connectivity index (χ0v) is 15.6. The number of rotatable bonds is 8. The summed E-state index contributed by atoms with van der Waals surface area (Å²) in [6.07, 6.45) is 0. The lowest BCUT2D eigenvalue weighted by Gasteiger charge is -2.12. The largest absolute Gasteiger partial charge is 0.486 e. The van der Waals surface area contributed by atoms with E-state index in [0.29, 0.717) is 17.1 Å².